The Kier molecular flexibility index (Phi) is 8.03. The van der Waals surface area contributed by atoms with Crippen molar-refractivity contribution in [3.8, 4) is 0 Å². The Hall–Kier alpha value is -3.83. The third-order valence-electron chi connectivity index (χ3n) is 6.96. The average Bonchev–Trinajstić information content (AvgIpc) is 2.98. The molecule has 0 radical (unpaired) electrons. The molecule has 0 unspecified atom stereocenters. The van der Waals surface area contributed by atoms with Crippen LogP contribution >= 0.6 is 0 Å². The number of hydrogen-bond donors (Lipinski definition) is 3. The minimum atomic E-state index is -4.65. The molecule has 1 aliphatic carbocycles. The molecular weight excluding hydrogens is 523 g/mol. The van der Waals surface area contributed by atoms with Gasteiger partial charge in [0.15, 0.2) is 0 Å². The molecule has 0 spiro atoms. The predicted molar refractivity (Wildman–Crippen MR) is 133 cm³/mol. The predicted octanol–water partition coefficient (Wildman–Crippen LogP) is 4.41. The summed E-state index contributed by atoms with van der Waals surface area (Å²) in [4.78, 5) is 43.1. The van der Waals surface area contributed by atoms with Crippen molar-refractivity contribution in [1.29, 1.82) is 0 Å². The molecule has 0 bridgehead atoms. The first kappa shape index (κ1) is 28.2. The van der Waals surface area contributed by atoms with Gasteiger partial charge in [-0.2, -0.15) is 13.2 Å². The van der Waals surface area contributed by atoms with E-state index in [0.717, 1.165) is 0 Å². The van der Waals surface area contributed by atoms with Crippen LogP contribution in [0.3, 0.4) is 0 Å². The molecule has 4 rings (SSSR count). The Bertz CT molecular complexity index is 1260. The van der Waals surface area contributed by atoms with Crippen LogP contribution in [0.15, 0.2) is 59.6 Å². The van der Waals surface area contributed by atoms with E-state index in [1.165, 1.54) is 0 Å². The number of amides is 3. The highest BCUT2D eigenvalue weighted by Crippen LogP contribution is 2.46. The quantitative estimate of drug-likeness (QED) is 0.402. The smallest absolute Gasteiger partial charge is 0.369 e. The minimum absolute atomic E-state index is 0.262. The Labute approximate surface area is 221 Å². The number of fused-ring (bicyclic) bond motifs is 1. The molecule has 208 valence electrons. The summed E-state index contributed by atoms with van der Waals surface area (Å²) in [5, 5.41) is 5.04. The second-order valence-corrected chi connectivity index (χ2v) is 9.92. The third kappa shape index (κ3) is 6.98. The fourth-order valence-corrected chi connectivity index (χ4v) is 5.05. The highest BCUT2D eigenvalue weighted by molar-refractivity contribution is 6.19. The number of benzene rings is 2. The second kappa shape index (κ2) is 11.1. The number of hydrogen-bond acceptors (Lipinski definition) is 4. The lowest BCUT2D eigenvalue weighted by Crippen LogP contribution is -2.49. The fraction of sp³-hybridized carbons (Fsp3) is 0.407. The van der Waals surface area contributed by atoms with Gasteiger partial charge in [0.2, 0.25) is 23.9 Å². The van der Waals surface area contributed by atoms with Crippen LogP contribution < -0.4 is 16.4 Å². The number of nitrogens with two attached hydrogens (primary N) is 1. The van der Waals surface area contributed by atoms with Gasteiger partial charge in [0.1, 0.15) is 0 Å². The molecule has 2 aliphatic rings. The summed E-state index contributed by atoms with van der Waals surface area (Å²) < 4.78 is 66.1. The van der Waals surface area contributed by atoms with Gasteiger partial charge >= 0.3 is 6.18 Å². The Morgan fingerprint density at radius 3 is 2.31 bits per heavy atom. The van der Waals surface area contributed by atoms with Gasteiger partial charge in [-0.1, -0.05) is 48.5 Å². The zero-order valence-corrected chi connectivity index (χ0v) is 20.7. The number of alkyl halides is 5. The molecule has 0 saturated heterocycles. The number of primary amides is 1. The van der Waals surface area contributed by atoms with Crippen LogP contribution in [0.5, 0.6) is 0 Å². The Balaban J connectivity index is 1.63. The van der Waals surface area contributed by atoms with E-state index < -0.39 is 79.4 Å². The lowest BCUT2D eigenvalue weighted by atomic mass is 9.72. The third-order valence-corrected chi connectivity index (χ3v) is 6.96. The number of anilines is 1. The van der Waals surface area contributed by atoms with Crippen LogP contribution in [-0.4, -0.2) is 41.7 Å². The van der Waals surface area contributed by atoms with E-state index in [2.05, 4.69) is 15.6 Å². The molecule has 39 heavy (non-hydrogen) atoms. The summed E-state index contributed by atoms with van der Waals surface area (Å²) in [6.07, 6.45) is -9.76. The Morgan fingerprint density at radius 2 is 1.69 bits per heavy atom. The van der Waals surface area contributed by atoms with Crippen molar-refractivity contribution in [1.82, 2.24) is 5.32 Å². The van der Waals surface area contributed by atoms with Crippen molar-refractivity contribution >= 4 is 29.1 Å². The molecule has 1 saturated carbocycles. The lowest BCUT2D eigenvalue weighted by Gasteiger charge is -2.38. The molecule has 4 N–H and O–H groups in total. The SMILES string of the molecule is NC(=O)[C@@H](CC1CC(F)(F)C1)[C@@H](CCC(F)(F)F)C(=O)N[C@H]1N=C(c2ccccc2)c2ccccc2NC1=O. The molecule has 3 atom stereocenters. The monoisotopic (exact) mass is 550 g/mol. The molecule has 1 heterocycles. The van der Waals surface area contributed by atoms with E-state index in [9.17, 15) is 36.3 Å². The van der Waals surface area contributed by atoms with E-state index in [4.69, 9.17) is 5.73 Å². The molecule has 0 aromatic heterocycles. The number of nitrogens with zero attached hydrogens (tertiary/aromatic N) is 1. The number of nitrogens with one attached hydrogen (secondary N) is 2. The molecule has 1 aliphatic heterocycles. The summed E-state index contributed by atoms with van der Waals surface area (Å²) in [6.45, 7) is 0. The number of aliphatic imine (C=N–C) groups is 1. The highest BCUT2D eigenvalue weighted by Gasteiger charge is 2.48. The molecule has 3 amide bonds. The summed E-state index contributed by atoms with van der Waals surface area (Å²) in [7, 11) is 0. The van der Waals surface area contributed by atoms with Gasteiger partial charge in [-0.15, -0.1) is 0 Å². The maximum absolute atomic E-state index is 13.4. The maximum atomic E-state index is 13.4. The maximum Gasteiger partial charge on any atom is 0.389 e. The number of carbonyl (C=O) groups excluding carboxylic acids is 3. The van der Waals surface area contributed by atoms with Crippen LogP contribution in [0.1, 0.15) is 43.2 Å². The van der Waals surface area contributed by atoms with Crippen molar-refractivity contribution in [2.45, 2.75) is 50.4 Å². The summed E-state index contributed by atoms with van der Waals surface area (Å²) in [5.74, 6) is -9.49. The van der Waals surface area contributed by atoms with Gasteiger partial charge in [-0.05, 0) is 24.8 Å². The van der Waals surface area contributed by atoms with Gasteiger partial charge in [0.25, 0.3) is 5.91 Å². The van der Waals surface area contributed by atoms with Crippen molar-refractivity contribution in [3.63, 3.8) is 0 Å². The molecular formula is C27H27F5N4O3. The Morgan fingerprint density at radius 1 is 1.05 bits per heavy atom. The second-order valence-electron chi connectivity index (χ2n) is 9.92. The van der Waals surface area contributed by atoms with Crippen molar-refractivity contribution in [2.24, 2.45) is 28.5 Å². The van der Waals surface area contributed by atoms with Gasteiger partial charge < -0.3 is 16.4 Å². The molecule has 12 heteroatoms. The van der Waals surface area contributed by atoms with Crippen molar-refractivity contribution < 1.29 is 36.3 Å². The molecule has 7 nitrogen and oxygen atoms in total. The fourth-order valence-electron chi connectivity index (χ4n) is 5.05. The van der Waals surface area contributed by atoms with Crippen LogP contribution in [-0.2, 0) is 14.4 Å². The van der Waals surface area contributed by atoms with Crippen LogP contribution in [0, 0.1) is 17.8 Å². The van der Waals surface area contributed by atoms with E-state index in [0.29, 0.717) is 22.5 Å². The first-order valence-electron chi connectivity index (χ1n) is 12.4. The van der Waals surface area contributed by atoms with Gasteiger partial charge in [-0.3, -0.25) is 14.4 Å². The van der Waals surface area contributed by atoms with Crippen molar-refractivity contribution in [3.05, 3.63) is 65.7 Å². The standard InChI is InChI=1S/C27H27F5N4O3/c28-26(29)13-15(14-26)12-19(22(33)37)17(10-11-27(30,31)32)24(38)36-23-25(39)34-20-9-5-4-8-18(20)21(35-23)16-6-2-1-3-7-16/h1-9,15,17,19,23H,10-14H2,(H2,33,37)(H,34,39)(H,36,38)/t17-,19+,23-/m1/s1. The number of rotatable bonds is 9. The van der Waals surface area contributed by atoms with Crippen molar-refractivity contribution in [2.75, 3.05) is 5.32 Å². The largest absolute Gasteiger partial charge is 0.389 e. The normalized spacial score (nSPS) is 20.4. The highest BCUT2D eigenvalue weighted by atomic mass is 19.4. The molecule has 2 aromatic carbocycles. The summed E-state index contributed by atoms with van der Waals surface area (Å²) in [5.41, 5.74) is 7.40. The first-order chi connectivity index (χ1) is 18.3. The number of para-hydroxylation sites is 1. The van der Waals surface area contributed by atoms with E-state index in [1.54, 1.807) is 54.6 Å². The number of halogens is 5. The topological polar surface area (TPSA) is 114 Å². The minimum Gasteiger partial charge on any atom is -0.369 e. The van der Waals surface area contributed by atoms with E-state index in [1.807, 2.05) is 0 Å². The lowest BCUT2D eigenvalue weighted by molar-refractivity contribution is -0.149. The van der Waals surface area contributed by atoms with E-state index in [-0.39, 0.29) is 6.42 Å². The van der Waals surface area contributed by atoms with Crippen LogP contribution in [0.2, 0.25) is 0 Å². The summed E-state index contributed by atoms with van der Waals surface area (Å²) >= 11 is 0. The zero-order valence-electron chi connectivity index (χ0n) is 20.7. The summed E-state index contributed by atoms with van der Waals surface area (Å²) in [6, 6.07) is 15.6. The average molecular weight is 551 g/mol. The molecule has 2 aromatic rings. The van der Waals surface area contributed by atoms with E-state index >= 15 is 0 Å². The van der Waals surface area contributed by atoms with Gasteiger partial charge in [0, 0.05) is 42.2 Å². The zero-order chi connectivity index (χ0) is 28.4. The number of benzodiazepines with no additional fused rings is 1. The number of carbonyl (C=O) groups is 3. The van der Waals surface area contributed by atoms with Gasteiger partial charge in [-0.25, -0.2) is 13.8 Å². The van der Waals surface area contributed by atoms with Gasteiger partial charge in [0.05, 0.1) is 11.4 Å². The first-order valence-corrected chi connectivity index (χ1v) is 12.4. The van der Waals surface area contributed by atoms with Crippen LogP contribution in [0.4, 0.5) is 27.6 Å². The van der Waals surface area contributed by atoms with Crippen LogP contribution in [0.25, 0.3) is 0 Å². The molecule has 1 fully saturated rings.